The predicted molar refractivity (Wildman–Crippen MR) is 106 cm³/mol. The third-order valence-electron chi connectivity index (χ3n) is 5.63. The van der Waals surface area contributed by atoms with Gasteiger partial charge < -0.3 is 10.1 Å². The number of hydrogen-bond acceptors (Lipinski definition) is 5. The largest absolute Gasteiger partial charge is 0.497 e. The van der Waals surface area contributed by atoms with Crippen LogP contribution in [0.15, 0.2) is 59.8 Å². The Kier molecular flexibility index (Phi) is 4.88. The van der Waals surface area contributed by atoms with Crippen LogP contribution in [0.25, 0.3) is 0 Å². The molecule has 1 aliphatic heterocycles. The summed E-state index contributed by atoms with van der Waals surface area (Å²) in [6.07, 6.45) is 1.10. The predicted octanol–water partition coefficient (Wildman–Crippen LogP) is 3.61. The molecule has 2 aliphatic rings. The number of carbonyl (C=O) groups is 2. The summed E-state index contributed by atoms with van der Waals surface area (Å²) < 4.78 is 5.19. The zero-order chi connectivity index (χ0) is 20.5. The Balaban J connectivity index is 1.66. The van der Waals surface area contributed by atoms with E-state index in [1.165, 1.54) is 12.1 Å². The first-order valence-electron chi connectivity index (χ1n) is 9.40. The molecule has 2 aromatic rings. The Bertz CT molecular complexity index is 1010. The number of non-ortho nitro benzene ring substituents is 1. The van der Waals surface area contributed by atoms with Crippen molar-refractivity contribution in [1.82, 2.24) is 5.32 Å². The van der Waals surface area contributed by atoms with Crippen LogP contribution in [0.3, 0.4) is 0 Å². The van der Waals surface area contributed by atoms with Crippen molar-refractivity contribution in [1.29, 1.82) is 0 Å². The van der Waals surface area contributed by atoms with Gasteiger partial charge in [0.2, 0.25) is 5.91 Å². The number of nitro benzene ring substituents is 1. The molecule has 0 unspecified atom stereocenters. The first-order chi connectivity index (χ1) is 14.0. The van der Waals surface area contributed by atoms with Gasteiger partial charge in [-0.2, -0.15) is 0 Å². The molecular formula is C22H20N2O5. The van der Waals surface area contributed by atoms with Crippen LogP contribution in [-0.2, 0) is 9.59 Å². The van der Waals surface area contributed by atoms with Gasteiger partial charge in [-0.15, -0.1) is 0 Å². The van der Waals surface area contributed by atoms with Crippen LogP contribution in [0, 0.1) is 10.1 Å². The molecule has 4 rings (SSSR count). The Hall–Kier alpha value is -3.48. The molecule has 1 aliphatic carbocycles. The van der Waals surface area contributed by atoms with Crippen LogP contribution < -0.4 is 10.1 Å². The second-order valence-electron chi connectivity index (χ2n) is 7.35. The van der Waals surface area contributed by atoms with Gasteiger partial charge in [0.25, 0.3) is 5.69 Å². The molecule has 29 heavy (non-hydrogen) atoms. The second kappa shape index (κ2) is 7.50. The average Bonchev–Trinajstić information content (AvgIpc) is 2.73. The second-order valence-corrected chi connectivity index (χ2v) is 7.35. The lowest BCUT2D eigenvalue weighted by molar-refractivity contribution is -0.384. The van der Waals surface area contributed by atoms with Gasteiger partial charge in [-0.1, -0.05) is 24.3 Å². The maximum atomic E-state index is 13.1. The molecule has 148 valence electrons. The van der Waals surface area contributed by atoms with E-state index in [-0.39, 0.29) is 35.6 Å². The van der Waals surface area contributed by atoms with E-state index in [1.54, 1.807) is 19.2 Å². The fourth-order valence-corrected chi connectivity index (χ4v) is 4.19. The lowest BCUT2D eigenvalue weighted by Crippen LogP contribution is -2.38. The van der Waals surface area contributed by atoms with Gasteiger partial charge >= 0.3 is 0 Å². The summed E-state index contributed by atoms with van der Waals surface area (Å²) in [6, 6.07) is 13.7. The van der Waals surface area contributed by atoms with E-state index < -0.39 is 4.92 Å². The molecule has 7 nitrogen and oxygen atoms in total. The van der Waals surface area contributed by atoms with E-state index >= 15 is 0 Å². The number of rotatable bonds is 4. The minimum Gasteiger partial charge on any atom is -0.497 e. The molecule has 1 heterocycles. The van der Waals surface area contributed by atoms with E-state index in [0.29, 0.717) is 24.1 Å². The zero-order valence-electron chi connectivity index (χ0n) is 15.9. The van der Waals surface area contributed by atoms with Crippen molar-refractivity contribution in [3.8, 4) is 5.75 Å². The number of nitrogens with one attached hydrogen (secondary N) is 1. The molecule has 2 atom stereocenters. The number of amides is 1. The normalized spacial score (nSPS) is 21.4. The van der Waals surface area contributed by atoms with Crippen LogP contribution in [0.5, 0.6) is 5.75 Å². The van der Waals surface area contributed by atoms with Gasteiger partial charge in [0.15, 0.2) is 5.78 Å². The van der Waals surface area contributed by atoms with Crippen LogP contribution in [0.1, 0.15) is 42.2 Å². The van der Waals surface area contributed by atoms with Crippen LogP contribution in [-0.4, -0.2) is 23.7 Å². The number of nitrogens with zero attached hydrogens (tertiary/aromatic N) is 1. The van der Waals surface area contributed by atoms with Crippen LogP contribution >= 0.6 is 0 Å². The summed E-state index contributed by atoms with van der Waals surface area (Å²) in [5, 5.41) is 13.8. The third-order valence-corrected chi connectivity index (χ3v) is 5.63. The van der Waals surface area contributed by atoms with Crippen molar-refractivity contribution < 1.29 is 19.2 Å². The lowest BCUT2D eigenvalue weighted by atomic mass is 9.73. The third kappa shape index (κ3) is 3.63. The Morgan fingerprint density at radius 1 is 0.966 bits per heavy atom. The van der Waals surface area contributed by atoms with Crippen LogP contribution in [0.2, 0.25) is 0 Å². The maximum Gasteiger partial charge on any atom is 0.269 e. The smallest absolute Gasteiger partial charge is 0.269 e. The first kappa shape index (κ1) is 18.9. The summed E-state index contributed by atoms with van der Waals surface area (Å²) in [7, 11) is 1.60. The number of methoxy groups -OCH3 is 1. The Labute approximate surface area is 167 Å². The number of carbonyl (C=O) groups excluding carboxylic acids is 2. The summed E-state index contributed by atoms with van der Waals surface area (Å²) in [4.78, 5) is 35.8. The highest BCUT2D eigenvalue weighted by Crippen LogP contribution is 2.42. The highest BCUT2D eigenvalue weighted by atomic mass is 16.6. The molecule has 0 aromatic heterocycles. The molecule has 0 bridgehead atoms. The highest BCUT2D eigenvalue weighted by Gasteiger charge is 2.38. The minimum absolute atomic E-state index is 0.00965. The topological polar surface area (TPSA) is 98.5 Å². The molecule has 7 heteroatoms. The Morgan fingerprint density at radius 3 is 2.24 bits per heavy atom. The van der Waals surface area contributed by atoms with Crippen molar-refractivity contribution in [2.75, 3.05) is 7.11 Å². The average molecular weight is 392 g/mol. The van der Waals surface area contributed by atoms with Crippen molar-refractivity contribution >= 4 is 17.4 Å². The summed E-state index contributed by atoms with van der Waals surface area (Å²) in [5.74, 6) is 0.234. The van der Waals surface area contributed by atoms with Gasteiger partial charge in [0.1, 0.15) is 5.75 Å². The van der Waals surface area contributed by atoms with Gasteiger partial charge in [-0.25, -0.2) is 0 Å². The standard InChI is InChI=1S/C22H20N2O5/c1-29-17-8-4-13(5-9-17)15-10-19-22(20(25)11-15)18(12-21(26)23-19)14-2-6-16(7-3-14)24(27)28/h2-9,15,18H,10-12H2,1H3,(H,23,26)/t15-,18+/m1/s1. The molecule has 0 radical (unpaired) electrons. The van der Waals surface area contributed by atoms with Crippen molar-refractivity contribution in [3.05, 3.63) is 81.0 Å². The zero-order valence-corrected chi connectivity index (χ0v) is 15.9. The molecule has 0 saturated carbocycles. The van der Waals surface area contributed by atoms with Crippen molar-refractivity contribution in [3.63, 3.8) is 0 Å². The fourth-order valence-electron chi connectivity index (χ4n) is 4.19. The van der Waals surface area contributed by atoms with Gasteiger partial charge in [0.05, 0.1) is 12.0 Å². The monoisotopic (exact) mass is 392 g/mol. The quantitative estimate of drug-likeness (QED) is 0.633. The molecular weight excluding hydrogens is 372 g/mol. The molecule has 1 N–H and O–H groups in total. The summed E-state index contributed by atoms with van der Waals surface area (Å²) in [5.41, 5.74) is 3.05. The molecule has 2 aromatic carbocycles. The van der Waals surface area contributed by atoms with E-state index in [9.17, 15) is 19.7 Å². The van der Waals surface area contributed by atoms with Crippen molar-refractivity contribution in [2.45, 2.75) is 31.1 Å². The highest BCUT2D eigenvalue weighted by molar-refractivity contribution is 6.02. The van der Waals surface area contributed by atoms with Gasteiger partial charge in [0, 0.05) is 42.2 Å². The van der Waals surface area contributed by atoms with E-state index in [2.05, 4.69) is 5.32 Å². The van der Waals surface area contributed by atoms with Gasteiger partial charge in [-0.3, -0.25) is 19.7 Å². The molecule has 1 amide bonds. The first-order valence-corrected chi connectivity index (χ1v) is 9.40. The molecule has 0 saturated heterocycles. The van der Waals surface area contributed by atoms with E-state index in [4.69, 9.17) is 4.74 Å². The van der Waals surface area contributed by atoms with Crippen LogP contribution in [0.4, 0.5) is 5.69 Å². The number of nitro groups is 1. The number of allylic oxidation sites excluding steroid dienone is 2. The number of ketones is 1. The SMILES string of the molecule is COc1ccc([C@H]2CC(=O)C3=C(C2)NC(=O)C[C@H]3c2ccc([N+](=O)[O-])cc2)cc1. The van der Waals surface area contributed by atoms with Crippen molar-refractivity contribution in [2.24, 2.45) is 0 Å². The van der Waals surface area contributed by atoms with E-state index in [0.717, 1.165) is 16.9 Å². The van der Waals surface area contributed by atoms with Gasteiger partial charge in [-0.05, 0) is 35.6 Å². The lowest BCUT2D eigenvalue weighted by Gasteiger charge is -2.34. The number of ether oxygens (including phenoxy) is 1. The molecule has 0 fully saturated rings. The van der Waals surface area contributed by atoms with E-state index in [1.807, 2.05) is 24.3 Å². The Morgan fingerprint density at radius 2 is 1.62 bits per heavy atom. The summed E-state index contributed by atoms with van der Waals surface area (Å²) >= 11 is 0. The minimum atomic E-state index is -0.465. The fraction of sp³-hybridized carbons (Fsp3) is 0.273. The molecule has 0 spiro atoms. The maximum absolute atomic E-state index is 13.1. The number of hydrogen-bond donors (Lipinski definition) is 1. The summed E-state index contributed by atoms with van der Waals surface area (Å²) in [6.45, 7) is 0. The number of benzene rings is 2. The number of Topliss-reactive ketones (excluding diaryl/α,β-unsaturated/α-hetero) is 1.